The number of likely N-dealkylation sites (tertiary alicyclic amines) is 1. The fourth-order valence-electron chi connectivity index (χ4n) is 4.10. The molecule has 6 nitrogen and oxygen atoms in total. The van der Waals surface area contributed by atoms with Crippen LogP contribution in [0, 0.1) is 11.7 Å². The van der Waals surface area contributed by atoms with Crippen LogP contribution in [0.2, 0.25) is 0 Å². The molecule has 2 fully saturated rings. The summed E-state index contributed by atoms with van der Waals surface area (Å²) in [4.78, 5) is 18.9. The molecule has 0 spiro atoms. The normalized spacial score (nSPS) is 20.0. The van der Waals surface area contributed by atoms with E-state index in [1.807, 2.05) is 4.90 Å². The third-order valence-corrected chi connectivity index (χ3v) is 5.72. The highest BCUT2D eigenvalue weighted by molar-refractivity contribution is 5.76. The highest BCUT2D eigenvalue weighted by Crippen LogP contribution is 2.31. The maximum absolute atomic E-state index is 12.9. The van der Waals surface area contributed by atoms with Crippen molar-refractivity contribution >= 4 is 5.91 Å². The molecule has 2 aliphatic rings. The second-order valence-electron chi connectivity index (χ2n) is 7.78. The number of aromatic nitrogens is 2. The largest absolute Gasteiger partial charge is 0.493 e. The number of hydrogen-bond donors (Lipinski definition) is 0. The smallest absolute Gasteiger partial charge is 0.231 e. The minimum absolute atomic E-state index is 0.117. The van der Waals surface area contributed by atoms with Crippen LogP contribution in [-0.2, 0) is 11.2 Å². The minimum atomic E-state index is -0.289. The Morgan fingerprint density at radius 1 is 1.21 bits per heavy atom. The summed E-state index contributed by atoms with van der Waals surface area (Å²) in [6.07, 6.45) is 6.96. The first-order valence-electron chi connectivity index (χ1n) is 10.2. The molecule has 7 heteroatoms. The molecule has 1 atom stereocenters. The van der Waals surface area contributed by atoms with E-state index in [1.54, 1.807) is 12.1 Å². The Labute approximate surface area is 164 Å². The Kier molecular flexibility index (Phi) is 5.88. The molecule has 0 bridgehead atoms. The molecule has 28 heavy (non-hydrogen) atoms. The van der Waals surface area contributed by atoms with Gasteiger partial charge in [-0.15, -0.1) is 0 Å². The summed E-state index contributed by atoms with van der Waals surface area (Å²) < 4.78 is 23.9. The lowest BCUT2D eigenvalue weighted by atomic mass is 10.0. The zero-order valence-electron chi connectivity index (χ0n) is 16.0. The maximum atomic E-state index is 12.9. The third-order valence-electron chi connectivity index (χ3n) is 5.72. The first-order chi connectivity index (χ1) is 13.7. The minimum Gasteiger partial charge on any atom is -0.493 e. The van der Waals surface area contributed by atoms with E-state index in [0.717, 1.165) is 13.0 Å². The molecular weight excluding hydrogens is 361 g/mol. The summed E-state index contributed by atoms with van der Waals surface area (Å²) in [5, 5.41) is 4.03. The summed E-state index contributed by atoms with van der Waals surface area (Å²) >= 11 is 0. The summed E-state index contributed by atoms with van der Waals surface area (Å²) in [7, 11) is 0. The lowest BCUT2D eigenvalue weighted by Crippen LogP contribution is -2.29. The van der Waals surface area contributed by atoms with E-state index < -0.39 is 0 Å². The summed E-state index contributed by atoms with van der Waals surface area (Å²) in [5.41, 5.74) is 0. The van der Waals surface area contributed by atoms with Gasteiger partial charge in [-0.2, -0.15) is 4.98 Å². The van der Waals surface area contributed by atoms with E-state index in [4.69, 9.17) is 9.26 Å². The number of rotatable bonds is 7. The van der Waals surface area contributed by atoms with Crippen LogP contribution < -0.4 is 4.74 Å². The Morgan fingerprint density at radius 2 is 2.00 bits per heavy atom. The Morgan fingerprint density at radius 3 is 2.79 bits per heavy atom. The number of amides is 1. The number of carbonyl (C=O) groups excluding carboxylic acids is 1. The van der Waals surface area contributed by atoms with Crippen molar-refractivity contribution in [3.05, 3.63) is 41.8 Å². The molecule has 1 amide bonds. The van der Waals surface area contributed by atoms with Gasteiger partial charge < -0.3 is 14.2 Å². The highest BCUT2D eigenvalue weighted by Gasteiger charge is 2.32. The number of benzene rings is 1. The van der Waals surface area contributed by atoms with Crippen molar-refractivity contribution in [1.29, 1.82) is 0 Å². The average molecular weight is 387 g/mol. The van der Waals surface area contributed by atoms with Crippen molar-refractivity contribution in [2.75, 3.05) is 19.7 Å². The van der Waals surface area contributed by atoms with Gasteiger partial charge in [-0.25, -0.2) is 4.39 Å². The molecule has 1 aliphatic heterocycles. The standard InChI is InChI=1S/C21H26FN3O3/c22-17-5-7-18(8-6-17)27-12-10-19-23-21(28-24-19)16-9-11-25(14-16)20(26)13-15-3-1-2-4-15/h5-8,15-16H,1-4,9-14H2. The fraction of sp³-hybridized carbons (Fsp3) is 0.571. The third kappa shape index (κ3) is 4.69. The van der Waals surface area contributed by atoms with Crippen LogP contribution in [0.4, 0.5) is 4.39 Å². The zero-order valence-corrected chi connectivity index (χ0v) is 16.0. The van der Waals surface area contributed by atoms with Gasteiger partial charge in [0.25, 0.3) is 0 Å². The Bertz CT molecular complexity index is 786. The second kappa shape index (κ2) is 8.71. The number of hydrogen-bond acceptors (Lipinski definition) is 5. The van der Waals surface area contributed by atoms with Gasteiger partial charge >= 0.3 is 0 Å². The van der Waals surface area contributed by atoms with Gasteiger partial charge in [0.2, 0.25) is 11.8 Å². The van der Waals surface area contributed by atoms with Gasteiger partial charge in [0.15, 0.2) is 5.82 Å². The molecule has 1 aromatic carbocycles. The Hall–Kier alpha value is -2.44. The summed E-state index contributed by atoms with van der Waals surface area (Å²) in [5.74, 6) is 2.47. The fourth-order valence-corrected chi connectivity index (χ4v) is 4.10. The molecule has 4 rings (SSSR count). The SMILES string of the molecule is O=C(CC1CCCC1)N1CCC(c2nc(CCOc3ccc(F)cc3)no2)C1. The van der Waals surface area contributed by atoms with E-state index >= 15 is 0 Å². The monoisotopic (exact) mass is 387 g/mol. The first kappa shape index (κ1) is 18.9. The first-order valence-corrected chi connectivity index (χ1v) is 10.2. The van der Waals surface area contributed by atoms with Crippen molar-refractivity contribution < 1.29 is 18.4 Å². The van der Waals surface area contributed by atoms with Gasteiger partial charge in [0.1, 0.15) is 11.6 Å². The topological polar surface area (TPSA) is 68.5 Å². The predicted octanol–water partition coefficient (Wildman–Crippen LogP) is 3.73. The van der Waals surface area contributed by atoms with Crippen molar-refractivity contribution in [2.45, 2.75) is 50.9 Å². The van der Waals surface area contributed by atoms with Crippen LogP contribution in [0.1, 0.15) is 56.2 Å². The molecule has 1 unspecified atom stereocenters. The molecule has 1 saturated carbocycles. The van der Waals surface area contributed by atoms with Gasteiger partial charge in [-0.1, -0.05) is 18.0 Å². The molecule has 0 radical (unpaired) electrons. The molecule has 1 aliphatic carbocycles. The van der Waals surface area contributed by atoms with E-state index in [-0.39, 0.29) is 17.6 Å². The van der Waals surface area contributed by atoms with E-state index in [1.165, 1.54) is 37.8 Å². The van der Waals surface area contributed by atoms with Crippen LogP contribution in [0.25, 0.3) is 0 Å². The Balaban J connectivity index is 1.23. The van der Waals surface area contributed by atoms with Crippen molar-refractivity contribution in [3.8, 4) is 5.75 Å². The zero-order chi connectivity index (χ0) is 19.3. The van der Waals surface area contributed by atoms with Crippen LogP contribution >= 0.6 is 0 Å². The molecule has 2 aromatic rings. The molecule has 0 N–H and O–H groups in total. The molecular formula is C21H26FN3O3. The second-order valence-corrected chi connectivity index (χ2v) is 7.78. The van der Waals surface area contributed by atoms with Gasteiger partial charge in [-0.3, -0.25) is 4.79 Å². The lowest BCUT2D eigenvalue weighted by molar-refractivity contribution is -0.131. The molecule has 150 valence electrons. The van der Waals surface area contributed by atoms with E-state index in [0.29, 0.717) is 49.4 Å². The van der Waals surface area contributed by atoms with Gasteiger partial charge in [0, 0.05) is 25.9 Å². The van der Waals surface area contributed by atoms with E-state index in [2.05, 4.69) is 10.1 Å². The number of ether oxygens (including phenoxy) is 1. The van der Waals surface area contributed by atoms with Crippen molar-refractivity contribution in [1.82, 2.24) is 15.0 Å². The van der Waals surface area contributed by atoms with Gasteiger partial charge in [0.05, 0.1) is 12.5 Å². The van der Waals surface area contributed by atoms with Crippen LogP contribution in [-0.4, -0.2) is 40.6 Å². The molecule has 1 saturated heterocycles. The van der Waals surface area contributed by atoms with E-state index in [9.17, 15) is 9.18 Å². The van der Waals surface area contributed by atoms with Crippen molar-refractivity contribution in [3.63, 3.8) is 0 Å². The number of carbonyl (C=O) groups is 1. The van der Waals surface area contributed by atoms with Gasteiger partial charge in [-0.05, 0) is 49.4 Å². The predicted molar refractivity (Wildman–Crippen MR) is 100 cm³/mol. The van der Waals surface area contributed by atoms with Crippen molar-refractivity contribution in [2.24, 2.45) is 5.92 Å². The van der Waals surface area contributed by atoms with Crippen LogP contribution in [0.15, 0.2) is 28.8 Å². The average Bonchev–Trinajstić information content (AvgIpc) is 3.45. The number of nitrogens with zero attached hydrogens (tertiary/aromatic N) is 3. The van der Waals surface area contributed by atoms with Crippen LogP contribution in [0.5, 0.6) is 5.75 Å². The number of halogens is 1. The van der Waals surface area contributed by atoms with Crippen LogP contribution in [0.3, 0.4) is 0 Å². The molecule has 1 aromatic heterocycles. The maximum Gasteiger partial charge on any atom is 0.231 e. The summed E-state index contributed by atoms with van der Waals surface area (Å²) in [6.45, 7) is 1.82. The quantitative estimate of drug-likeness (QED) is 0.724. The highest BCUT2D eigenvalue weighted by atomic mass is 19.1. The molecule has 2 heterocycles. The lowest BCUT2D eigenvalue weighted by Gasteiger charge is -2.18. The summed E-state index contributed by atoms with van der Waals surface area (Å²) in [6, 6.07) is 5.91.